The molecule has 0 aromatic carbocycles. The molecule has 2 atom stereocenters. The summed E-state index contributed by atoms with van der Waals surface area (Å²) in [5.41, 5.74) is 0.969. The van der Waals surface area contributed by atoms with Gasteiger partial charge in [0.25, 0.3) is 0 Å². The van der Waals surface area contributed by atoms with Crippen LogP contribution < -0.4 is 5.32 Å². The van der Waals surface area contributed by atoms with Crippen LogP contribution in [-0.4, -0.2) is 16.0 Å². The van der Waals surface area contributed by atoms with Crippen LogP contribution in [0.15, 0.2) is 0 Å². The molecular weight excluding hydrogens is 270 g/mol. The number of nitrogens with zero attached hydrogens (tertiary/aromatic N) is 2. The summed E-state index contributed by atoms with van der Waals surface area (Å²) < 4.78 is 0. The highest BCUT2D eigenvalue weighted by atomic mass is 35.5. The number of aromatic nitrogens is 2. The molecule has 1 fully saturated rings. The molecule has 0 radical (unpaired) electrons. The Balaban J connectivity index is 2.21. The summed E-state index contributed by atoms with van der Waals surface area (Å²) in [6.45, 7) is 8.70. The summed E-state index contributed by atoms with van der Waals surface area (Å²) >= 11 is 6.22. The van der Waals surface area contributed by atoms with Gasteiger partial charge in [-0.25, -0.2) is 9.97 Å². The maximum atomic E-state index is 6.22. The van der Waals surface area contributed by atoms with E-state index in [9.17, 15) is 0 Å². The van der Waals surface area contributed by atoms with Crippen LogP contribution in [0.25, 0.3) is 0 Å². The van der Waals surface area contributed by atoms with Gasteiger partial charge in [-0.2, -0.15) is 0 Å². The Morgan fingerprint density at radius 2 is 1.95 bits per heavy atom. The minimum Gasteiger partial charge on any atom is -0.367 e. The number of hydrogen-bond donors (Lipinski definition) is 1. The lowest BCUT2D eigenvalue weighted by atomic mass is 9.78. The second kappa shape index (κ2) is 6.75. The summed E-state index contributed by atoms with van der Waals surface area (Å²) in [7, 11) is 0. The highest BCUT2D eigenvalue weighted by Gasteiger charge is 2.28. The molecule has 1 N–H and O–H groups in total. The molecule has 112 valence electrons. The average molecular weight is 296 g/mol. The average Bonchev–Trinajstić information content (AvgIpc) is 2.44. The Labute approximate surface area is 127 Å². The van der Waals surface area contributed by atoms with Crippen LogP contribution in [0, 0.1) is 18.8 Å². The molecule has 4 heteroatoms. The second-order valence-electron chi connectivity index (χ2n) is 6.20. The standard InChI is InChI=1S/C16H26ClN3/c1-5-14-19-15(17)11(4)16(20-14)18-13-9-7-6-8-12(13)10(2)3/h10,12-13H,5-9H2,1-4H3,(H,18,19,20). The molecule has 20 heavy (non-hydrogen) atoms. The summed E-state index contributed by atoms with van der Waals surface area (Å²) in [6.07, 6.45) is 6.01. The predicted molar refractivity (Wildman–Crippen MR) is 85.4 cm³/mol. The first-order chi connectivity index (χ1) is 9.52. The first kappa shape index (κ1) is 15.6. The van der Waals surface area contributed by atoms with Crippen molar-refractivity contribution < 1.29 is 0 Å². The molecule has 0 saturated heterocycles. The summed E-state index contributed by atoms with van der Waals surface area (Å²) in [5, 5.41) is 4.24. The van der Waals surface area contributed by atoms with Gasteiger partial charge in [-0.05, 0) is 31.6 Å². The van der Waals surface area contributed by atoms with Crippen LogP contribution in [0.4, 0.5) is 5.82 Å². The van der Waals surface area contributed by atoms with Gasteiger partial charge in [-0.15, -0.1) is 0 Å². The second-order valence-corrected chi connectivity index (χ2v) is 6.56. The van der Waals surface area contributed by atoms with Gasteiger partial charge in [0.1, 0.15) is 16.8 Å². The lowest BCUT2D eigenvalue weighted by Gasteiger charge is -2.35. The lowest BCUT2D eigenvalue weighted by molar-refractivity contribution is 0.253. The molecule has 0 aliphatic heterocycles. The van der Waals surface area contributed by atoms with Crippen molar-refractivity contribution >= 4 is 17.4 Å². The third kappa shape index (κ3) is 3.43. The zero-order chi connectivity index (χ0) is 14.7. The van der Waals surface area contributed by atoms with Gasteiger partial charge in [0.2, 0.25) is 0 Å². The lowest BCUT2D eigenvalue weighted by Crippen LogP contribution is -2.35. The van der Waals surface area contributed by atoms with E-state index < -0.39 is 0 Å². The minimum atomic E-state index is 0.512. The van der Waals surface area contributed by atoms with Gasteiger partial charge in [0.05, 0.1) is 0 Å². The normalized spacial score (nSPS) is 23.1. The molecule has 0 bridgehead atoms. The molecule has 3 nitrogen and oxygen atoms in total. The predicted octanol–water partition coefficient (Wildman–Crippen LogP) is 4.63. The SMILES string of the molecule is CCc1nc(Cl)c(C)c(NC2CCCCC2C(C)C)n1. The van der Waals surface area contributed by atoms with Gasteiger partial charge < -0.3 is 5.32 Å². The van der Waals surface area contributed by atoms with E-state index in [4.69, 9.17) is 11.6 Å². The Kier molecular flexibility index (Phi) is 5.25. The Morgan fingerprint density at radius 3 is 2.60 bits per heavy atom. The van der Waals surface area contributed by atoms with Crippen molar-refractivity contribution in [3.63, 3.8) is 0 Å². The number of rotatable bonds is 4. The van der Waals surface area contributed by atoms with Crippen LogP contribution in [-0.2, 0) is 6.42 Å². The number of halogens is 1. The van der Waals surface area contributed by atoms with E-state index in [1.807, 2.05) is 6.92 Å². The van der Waals surface area contributed by atoms with Crippen molar-refractivity contribution in [1.82, 2.24) is 9.97 Å². The Morgan fingerprint density at radius 1 is 1.25 bits per heavy atom. The summed E-state index contributed by atoms with van der Waals surface area (Å²) in [6, 6.07) is 0.512. The molecule has 1 aromatic rings. The van der Waals surface area contributed by atoms with Crippen LogP contribution >= 0.6 is 11.6 Å². The van der Waals surface area contributed by atoms with Gasteiger partial charge in [-0.3, -0.25) is 0 Å². The summed E-state index contributed by atoms with van der Waals surface area (Å²) in [4.78, 5) is 8.95. The molecule has 1 saturated carbocycles. The van der Waals surface area contributed by atoms with Crippen molar-refractivity contribution in [2.45, 2.75) is 65.8 Å². The van der Waals surface area contributed by atoms with Gasteiger partial charge >= 0.3 is 0 Å². The smallest absolute Gasteiger partial charge is 0.137 e. The van der Waals surface area contributed by atoms with Crippen molar-refractivity contribution in [2.75, 3.05) is 5.32 Å². The molecular formula is C16H26ClN3. The molecule has 1 heterocycles. The van der Waals surface area contributed by atoms with Crippen LogP contribution in [0.5, 0.6) is 0 Å². The largest absolute Gasteiger partial charge is 0.367 e. The van der Waals surface area contributed by atoms with E-state index in [2.05, 4.69) is 36.1 Å². The first-order valence-corrected chi connectivity index (χ1v) is 8.20. The van der Waals surface area contributed by atoms with Crippen molar-refractivity contribution in [3.05, 3.63) is 16.5 Å². The maximum absolute atomic E-state index is 6.22. The molecule has 2 unspecified atom stereocenters. The van der Waals surface area contributed by atoms with E-state index >= 15 is 0 Å². The molecule has 0 spiro atoms. The molecule has 0 amide bonds. The molecule has 1 aliphatic carbocycles. The Hall–Kier alpha value is -0.830. The third-order valence-corrected chi connectivity index (χ3v) is 4.81. The summed E-state index contributed by atoms with van der Waals surface area (Å²) in [5.74, 6) is 3.18. The van der Waals surface area contributed by atoms with E-state index in [1.165, 1.54) is 25.7 Å². The van der Waals surface area contributed by atoms with E-state index in [0.717, 1.165) is 29.5 Å². The first-order valence-electron chi connectivity index (χ1n) is 7.82. The fourth-order valence-electron chi connectivity index (χ4n) is 3.14. The van der Waals surface area contributed by atoms with Gasteiger partial charge in [0, 0.05) is 18.0 Å². The monoisotopic (exact) mass is 295 g/mol. The van der Waals surface area contributed by atoms with Crippen LogP contribution in [0.2, 0.25) is 5.15 Å². The number of nitrogens with one attached hydrogen (secondary N) is 1. The fraction of sp³-hybridized carbons (Fsp3) is 0.750. The quantitative estimate of drug-likeness (QED) is 0.823. The topological polar surface area (TPSA) is 37.8 Å². The third-order valence-electron chi connectivity index (χ3n) is 4.45. The molecule has 1 aliphatic rings. The molecule has 1 aromatic heterocycles. The highest BCUT2D eigenvalue weighted by Crippen LogP contribution is 2.33. The number of anilines is 1. The van der Waals surface area contributed by atoms with Crippen LogP contribution in [0.1, 0.15) is 57.8 Å². The minimum absolute atomic E-state index is 0.512. The van der Waals surface area contributed by atoms with Gasteiger partial charge in [0.15, 0.2) is 0 Å². The van der Waals surface area contributed by atoms with E-state index in [1.54, 1.807) is 0 Å². The van der Waals surface area contributed by atoms with E-state index in [-0.39, 0.29) is 0 Å². The Bertz CT molecular complexity index is 459. The zero-order valence-electron chi connectivity index (χ0n) is 13.0. The highest BCUT2D eigenvalue weighted by molar-refractivity contribution is 6.30. The zero-order valence-corrected chi connectivity index (χ0v) is 13.8. The number of hydrogen-bond acceptors (Lipinski definition) is 3. The number of aryl methyl sites for hydroxylation is 1. The van der Waals surface area contributed by atoms with Crippen molar-refractivity contribution in [1.29, 1.82) is 0 Å². The maximum Gasteiger partial charge on any atom is 0.137 e. The van der Waals surface area contributed by atoms with Crippen molar-refractivity contribution in [2.24, 2.45) is 11.8 Å². The molecule has 2 rings (SSSR count). The fourth-order valence-corrected chi connectivity index (χ4v) is 3.33. The van der Waals surface area contributed by atoms with Crippen molar-refractivity contribution in [3.8, 4) is 0 Å². The van der Waals surface area contributed by atoms with Crippen LogP contribution in [0.3, 0.4) is 0 Å². The van der Waals surface area contributed by atoms with E-state index in [0.29, 0.717) is 17.1 Å². The van der Waals surface area contributed by atoms with Gasteiger partial charge in [-0.1, -0.05) is 45.2 Å².